The number of aromatic nitrogens is 2. The second-order valence-electron chi connectivity index (χ2n) is 6.24. The van der Waals surface area contributed by atoms with Crippen molar-refractivity contribution in [2.75, 3.05) is 26.2 Å². The summed E-state index contributed by atoms with van der Waals surface area (Å²) in [6, 6.07) is 10.2. The number of rotatable bonds is 5. The Morgan fingerprint density at radius 1 is 1.30 bits per heavy atom. The van der Waals surface area contributed by atoms with Gasteiger partial charge in [0.05, 0.1) is 12.6 Å². The summed E-state index contributed by atoms with van der Waals surface area (Å²) in [4.78, 5) is 8.94. The standard InChI is InChI=1S/C17H24N4O2/c1-13-10-20(12-17-18-14(2)23-19-17)8-9-21(13)11-16(22)15-6-4-3-5-7-15/h3-7,13,16,22H,8-12H2,1-2H3/t13-,16+/m1/s1. The summed E-state index contributed by atoms with van der Waals surface area (Å²) in [5.41, 5.74) is 0.976. The summed E-state index contributed by atoms with van der Waals surface area (Å²) in [7, 11) is 0. The van der Waals surface area contributed by atoms with Gasteiger partial charge >= 0.3 is 0 Å². The van der Waals surface area contributed by atoms with Crippen LogP contribution in [0.15, 0.2) is 34.9 Å². The number of β-amino-alcohol motifs (C(OH)–C–C–N with tert-alkyl or cyclic N) is 1. The van der Waals surface area contributed by atoms with Gasteiger partial charge in [0.1, 0.15) is 0 Å². The molecule has 2 heterocycles. The molecule has 1 aliphatic heterocycles. The summed E-state index contributed by atoms with van der Waals surface area (Å²) < 4.78 is 5.02. The lowest BCUT2D eigenvalue weighted by Crippen LogP contribution is -2.52. The number of aliphatic hydroxyl groups excluding tert-OH is 1. The number of hydrogen-bond acceptors (Lipinski definition) is 6. The first-order valence-electron chi connectivity index (χ1n) is 8.10. The van der Waals surface area contributed by atoms with Crippen LogP contribution in [0, 0.1) is 6.92 Å². The maximum Gasteiger partial charge on any atom is 0.223 e. The molecule has 23 heavy (non-hydrogen) atoms. The van der Waals surface area contributed by atoms with Gasteiger partial charge in [0.25, 0.3) is 0 Å². The molecule has 6 nitrogen and oxygen atoms in total. The predicted molar refractivity (Wildman–Crippen MR) is 86.7 cm³/mol. The van der Waals surface area contributed by atoms with Crippen LogP contribution < -0.4 is 0 Å². The minimum atomic E-state index is -0.440. The highest BCUT2D eigenvalue weighted by molar-refractivity contribution is 5.17. The molecule has 3 rings (SSSR count). The van der Waals surface area contributed by atoms with Gasteiger partial charge in [-0.2, -0.15) is 4.98 Å². The fraction of sp³-hybridized carbons (Fsp3) is 0.529. The van der Waals surface area contributed by atoms with Crippen LogP contribution in [0.2, 0.25) is 0 Å². The van der Waals surface area contributed by atoms with Crippen LogP contribution in [-0.4, -0.2) is 57.3 Å². The molecule has 1 N–H and O–H groups in total. The van der Waals surface area contributed by atoms with E-state index in [9.17, 15) is 5.11 Å². The SMILES string of the molecule is Cc1nc(CN2CCN(C[C@H](O)c3ccccc3)[C@H](C)C2)no1. The van der Waals surface area contributed by atoms with Crippen molar-refractivity contribution in [3.05, 3.63) is 47.6 Å². The van der Waals surface area contributed by atoms with E-state index in [1.807, 2.05) is 37.3 Å². The molecule has 6 heteroatoms. The maximum atomic E-state index is 10.4. The van der Waals surface area contributed by atoms with Gasteiger partial charge in [-0.15, -0.1) is 0 Å². The van der Waals surface area contributed by atoms with Crippen molar-refractivity contribution in [2.45, 2.75) is 32.5 Å². The molecule has 0 saturated carbocycles. The molecule has 1 aromatic carbocycles. The molecule has 0 aliphatic carbocycles. The summed E-state index contributed by atoms with van der Waals surface area (Å²) in [6.45, 7) is 8.21. The van der Waals surface area contributed by atoms with Crippen LogP contribution in [0.1, 0.15) is 30.3 Å². The predicted octanol–water partition coefficient (Wildman–Crippen LogP) is 1.62. The van der Waals surface area contributed by atoms with Crippen LogP contribution >= 0.6 is 0 Å². The lowest BCUT2D eigenvalue weighted by molar-refractivity contribution is 0.0351. The smallest absolute Gasteiger partial charge is 0.223 e. The van der Waals surface area contributed by atoms with E-state index in [0.29, 0.717) is 18.5 Å². The third-order valence-electron chi connectivity index (χ3n) is 4.38. The Bertz CT molecular complexity index is 616. The van der Waals surface area contributed by atoms with Crippen LogP contribution in [0.3, 0.4) is 0 Å². The van der Waals surface area contributed by atoms with Crippen LogP contribution in [0.25, 0.3) is 0 Å². The number of aliphatic hydroxyl groups is 1. The number of nitrogens with zero attached hydrogens (tertiary/aromatic N) is 4. The minimum Gasteiger partial charge on any atom is -0.387 e. The van der Waals surface area contributed by atoms with E-state index in [1.54, 1.807) is 0 Å². The summed E-state index contributed by atoms with van der Waals surface area (Å²) in [6.07, 6.45) is -0.440. The molecule has 124 valence electrons. The average Bonchev–Trinajstić information content (AvgIpc) is 2.96. The Kier molecular flexibility index (Phi) is 5.05. The summed E-state index contributed by atoms with van der Waals surface area (Å²) in [5, 5.41) is 14.4. The molecule has 1 saturated heterocycles. The van der Waals surface area contributed by atoms with Gasteiger partial charge in [0, 0.05) is 39.1 Å². The van der Waals surface area contributed by atoms with E-state index < -0.39 is 6.10 Å². The number of piperazine rings is 1. The molecule has 2 aromatic rings. The lowest BCUT2D eigenvalue weighted by atomic mass is 10.1. The molecule has 2 atom stereocenters. The fourth-order valence-corrected chi connectivity index (χ4v) is 3.09. The molecule has 1 fully saturated rings. The monoisotopic (exact) mass is 316 g/mol. The Hall–Kier alpha value is -1.76. The van der Waals surface area contributed by atoms with Gasteiger partial charge in [0.2, 0.25) is 5.89 Å². The van der Waals surface area contributed by atoms with Gasteiger partial charge in [-0.3, -0.25) is 9.80 Å². The maximum absolute atomic E-state index is 10.4. The van der Waals surface area contributed by atoms with Gasteiger partial charge < -0.3 is 9.63 Å². The Balaban J connectivity index is 1.52. The summed E-state index contributed by atoms with van der Waals surface area (Å²) in [5.74, 6) is 1.35. The van der Waals surface area contributed by atoms with Crippen molar-refractivity contribution in [3.63, 3.8) is 0 Å². The molecule has 1 aliphatic rings. The van der Waals surface area contributed by atoms with Gasteiger partial charge in [0.15, 0.2) is 5.82 Å². The number of benzene rings is 1. The van der Waals surface area contributed by atoms with Gasteiger partial charge in [-0.1, -0.05) is 35.5 Å². The van der Waals surface area contributed by atoms with E-state index in [2.05, 4.69) is 26.9 Å². The molecule has 0 amide bonds. The van der Waals surface area contributed by atoms with Crippen LogP contribution in [-0.2, 0) is 6.54 Å². The van der Waals surface area contributed by atoms with Gasteiger partial charge in [-0.05, 0) is 12.5 Å². The third-order valence-corrected chi connectivity index (χ3v) is 4.38. The highest BCUT2D eigenvalue weighted by atomic mass is 16.5. The number of hydrogen-bond donors (Lipinski definition) is 1. The van der Waals surface area contributed by atoms with Crippen LogP contribution in [0.5, 0.6) is 0 Å². The van der Waals surface area contributed by atoms with Crippen molar-refractivity contribution >= 4 is 0 Å². The first-order chi connectivity index (χ1) is 11.1. The average molecular weight is 316 g/mol. The zero-order valence-corrected chi connectivity index (χ0v) is 13.7. The third kappa shape index (κ3) is 4.16. The fourth-order valence-electron chi connectivity index (χ4n) is 3.09. The molecule has 0 bridgehead atoms. The second kappa shape index (κ2) is 7.21. The van der Waals surface area contributed by atoms with Crippen molar-refractivity contribution < 1.29 is 9.63 Å². The van der Waals surface area contributed by atoms with Gasteiger partial charge in [-0.25, -0.2) is 0 Å². The molecule has 1 aromatic heterocycles. The quantitative estimate of drug-likeness (QED) is 0.904. The molecule has 0 unspecified atom stereocenters. The second-order valence-corrected chi connectivity index (χ2v) is 6.24. The zero-order valence-electron chi connectivity index (χ0n) is 13.7. The molecule has 0 radical (unpaired) electrons. The minimum absolute atomic E-state index is 0.384. The normalized spacial score (nSPS) is 21.4. The lowest BCUT2D eigenvalue weighted by Gasteiger charge is -2.40. The molecular formula is C17H24N4O2. The van der Waals surface area contributed by atoms with E-state index in [1.165, 1.54) is 0 Å². The highest BCUT2D eigenvalue weighted by Crippen LogP contribution is 2.18. The van der Waals surface area contributed by atoms with E-state index in [0.717, 1.165) is 37.6 Å². The molecule has 0 spiro atoms. The van der Waals surface area contributed by atoms with Crippen molar-refractivity contribution in [3.8, 4) is 0 Å². The Morgan fingerprint density at radius 3 is 2.74 bits per heavy atom. The van der Waals surface area contributed by atoms with Crippen molar-refractivity contribution in [1.29, 1.82) is 0 Å². The zero-order chi connectivity index (χ0) is 16.2. The molecular weight excluding hydrogens is 292 g/mol. The van der Waals surface area contributed by atoms with E-state index in [4.69, 9.17) is 4.52 Å². The summed E-state index contributed by atoms with van der Waals surface area (Å²) >= 11 is 0. The topological polar surface area (TPSA) is 65.6 Å². The Morgan fingerprint density at radius 2 is 2.09 bits per heavy atom. The van der Waals surface area contributed by atoms with E-state index in [-0.39, 0.29) is 0 Å². The van der Waals surface area contributed by atoms with E-state index >= 15 is 0 Å². The van der Waals surface area contributed by atoms with Crippen molar-refractivity contribution in [1.82, 2.24) is 19.9 Å². The number of aryl methyl sites for hydroxylation is 1. The first-order valence-corrected chi connectivity index (χ1v) is 8.10. The van der Waals surface area contributed by atoms with Crippen molar-refractivity contribution in [2.24, 2.45) is 0 Å². The Labute approximate surface area is 136 Å². The first kappa shape index (κ1) is 16.1. The largest absolute Gasteiger partial charge is 0.387 e. The van der Waals surface area contributed by atoms with Crippen LogP contribution in [0.4, 0.5) is 0 Å². The highest BCUT2D eigenvalue weighted by Gasteiger charge is 2.26.